The van der Waals surface area contributed by atoms with E-state index in [9.17, 15) is 9.18 Å². The summed E-state index contributed by atoms with van der Waals surface area (Å²) in [5.74, 6) is -0.411. The van der Waals surface area contributed by atoms with Crippen LogP contribution in [0.1, 0.15) is 20.9 Å². The average Bonchev–Trinajstić information content (AvgIpc) is 3.20. The van der Waals surface area contributed by atoms with Crippen LogP contribution < -0.4 is 4.90 Å². The molecule has 1 aliphatic rings. The van der Waals surface area contributed by atoms with Crippen LogP contribution in [0.15, 0.2) is 41.8 Å². The van der Waals surface area contributed by atoms with Crippen LogP contribution in [0.2, 0.25) is 0 Å². The fraction of sp³-hybridized carbons (Fsp3) is 0.158. The van der Waals surface area contributed by atoms with E-state index in [0.717, 1.165) is 33.9 Å². The average molecular weight is 464 g/mol. The predicted molar refractivity (Wildman–Crippen MR) is 107 cm³/mol. The van der Waals surface area contributed by atoms with Gasteiger partial charge in [0, 0.05) is 26.7 Å². The largest absolute Gasteiger partial charge is 0.308 e. The maximum atomic E-state index is 13.3. The van der Waals surface area contributed by atoms with Crippen molar-refractivity contribution >= 4 is 45.5 Å². The van der Waals surface area contributed by atoms with Crippen molar-refractivity contribution in [1.29, 1.82) is 0 Å². The number of hydrogen-bond acceptors (Lipinski definition) is 3. The molecule has 2 aromatic carbocycles. The highest BCUT2D eigenvalue weighted by Gasteiger charge is 2.27. The number of thiazole rings is 1. The van der Waals surface area contributed by atoms with Crippen LogP contribution in [0.5, 0.6) is 0 Å². The van der Waals surface area contributed by atoms with Gasteiger partial charge in [0.15, 0.2) is 0 Å². The van der Waals surface area contributed by atoms with Gasteiger partial charge in [-0.05, 0) is 71.8 Å². The van der Waals surface area contributed by atoms with Crippen LogP contribution in [0.25, 0.3) is 11.3 Å². The first kappa shape index (κ1) is 16.7. The molecule has 1 amide bonds. The molecule has 3 aromatic rings. The monoisotopic (exact) mass is 464 g/mol. The van der Waals surface area contributed by atoms with Gasteiger partial charge < -0.3 is 4.90 Å². The number of rotatable bonds is 2. The van der Waals surface area contributed by atoms with Gasteiger partial charge in [-0.25, -0.2) is 9.37 Å². The molecule has 4 rings (SSSR count). The SMILES string of the molecule is Cc1nc(-c2ccc3c(c2)CCN3C(=O)c2ccc(F)cc2I)cs1. The number of hydrogen-bond donors (Lipinski definition) is 0. The Morgan fingerprint density at radius 1 is 1.28 bits per heavy atom. The van der Waals surface area contributed by atoms with Crippen molar-refractivity contribution in [1.82, 2.24) is 4.98 Å². The quantitative estimate of drug-likeness (QED) is 0.497. The molecule has 0 saturated carbocycles. The lowest BCUT2D eigenvalue weighted by Gasteiger charge is -2.18. The van der Waals surface area contributed by atoms with E-state index in [-0.39, 0.29) is 11.7 Å². The van der Waals surface area contributed by atoms with Crippen molar-refractivity contribution in [3.05, 3.63) is 67.3 Å². The second kappa shape index (κ2) is 6.49. The summed E-state index contributed by atoms with van der Waals surface area (Å²) in [4.78, 5) is 19.2. The van der Waals surface area contributed by atoms with E-state index >= 15 is 0 Å². The molecular weight excluding hydrogens is 450 g/mol. The minimum atomic E-state index is -0.328. The molecule has 0 unspecified atom stereocenters. The molecule has 0 radical (unpaired) electrons. The smallest absolute Gasteiger partial charge is 0.259 e. The lowest BCUT2D eigenvalue weighted by molar-refractivity contribution is 0.0988. The molecule has 1 aromatic heterocycles. The Balaban J connectivity index is 1.67. The van der Waals surface area contributed by atoms with Crippen LogP contribution in [-0.2, 0) is 6.42 Å². The predicted octanol–water partition coefficient (Wildman–Crippen LogP) is 5.07. The maximum Gasteiger partial charge on any atom is 0.259 e. The lowest BCUT2D eigenvalue weighted by Crippen LogP contribution is -2.29. The fourth-order valence-corrected chi connectivity index (χ4v) is 4.41. The number of aromatic nitrogens is 1. The van der Waals surface area contributed by atoms with E-state index in [4.69, 9.17) is 0 Å². The molecule has 3 nitrogen and oxygen atoms in total. The number of fused-ring (bicyclic) bond motifs is 1. The Hall–Kier alpha value is -1.80. The van der Waals surface area contributed by atoms with Crippen molar-refractivity contribution in [3.8, 4) is 11.3 Å². The molecule has 0 aliphatic carbocycles. The molecule has 0 spiro atoms. The number of anilines is 1. The summed E-state index contributed by atoms with van der Waals surface area (Å²) in [6.07, 6.45) is 0.815. The molecule has 0 bridgehead atoms. The van der Waals surface area contributed by atoms with Crippen molar-refractivity contribution in [2.45, 2.75) is 13.3 Å². The number of carbonyl (C=O) groups excluding carboxylic acids is 1. The number of amides is 1. The van der Waals surface area contributed by atoms with Crippen molar-refractivity contribution in [2.75, 3.05) is 11.4 Å². The second-order valence-electron chi connectivity index (χ2n) is 5.93. The van der Waals surface area contributed by atoms with Gasteiger partial charge in [-0.3, -0.25) is 4.79 Å². The van der Waals surface area contributed by atoms with Crippen LogP contribution in [0, 0.1) is 16.3 Å². The van der Waals surface area contributed by atoms with Crippen LogP contribution in [0.4, 0.5) is 10.1 Å². The van der Waals surface area contributed by atoms with Crippen molar-refractivity contribution < 1.29 is 9.18 Å². The topological polar surface area (TPSA) is 33.2 Å². The minimum absolute atomic E-state index is 0.0830. The first-order valence-corrected chi connectivity index (χ1v) is 9.81. The first-order chi connectivity index (χ1) is 12.0. The molecule has 25 heavy (non-hydrogen) atoms. The summed E-state index contributed by atoms with van der Waals surface area (Å²) in [7, 11) is 0. The number of nitrogens with zero attached hydrogens (tertiary/aromatic N) is 2. The minimum Gasteiger partial charge on any atom is -0.308 e. The van der Waals surface area contributed by atoms with Gasteiger partial charge in [-0.1, -0.05) is 6.07 Å². The Bertz CT molecular complexity index is 985. The lowest BCUT2D eigenvalue weighted by atomic mass is 10.1. The zero-order valence-corrected chi connectivity index (χ0v) is 16.4. The van der Waals surface area contributed by atoms with Crippen LogP contribution >= 0.6 is 33.9 Å². The molecule has 126 valence electrons. The summed E-state index contributed by atoms with van der Waals surface area (Å²) in [5.41, 5.74) is 4.67. The Morgan fingerprint density at radius 3 is 2.84 bits per heavy atom. The van der Waals surface area contributed by atoms with E-state index in [2.05, 4.69) is 16.4 Å². The number of aryl methyl sites for hydroxylation is 1. The van der Waals surface area contributed by atoms with E-state index in [1.54, 1.807) is 22.3 Å². The second-order valence-corrected chi connectivity index (χ2v) is 8.15. The van der Waals surface area contributed by atoms with Gasteiger partial charge in [0.25, 0.3) is 5.91 Å². The third-order valence-corrected chi connectivity index (χ3v) is 5.96. The summed E-state index contributed by atoms with van der Waals surface area (Å²) in [6.45, 7) is 2.63. The third-order valence-electron chi connectivity index (χ3n) is 4.30. The summed E-state index contributed by atoms with van der Waals surface area (Å²) in [5, 5.41) is 3.09. The zero-order valence-electron chi connectivity index (χ0n) is 13.4. The Labute approximate surface area is 162 Å². The third kappa shape index (κ3) is 3.08. The Kier molecular flexibility index (Phi) is 4.33. The number of benzene rings is 2. The van der Waals surface area contributed by atoms with Crippen molar-refractivity contribution in [2.24, 2.45) is 0 Å². The zero-order chi connectivity index (χ0) is 17.6. The first-order valence-electron chi connectivity index (χ1n) is 7.85. The van der Waals surface area contributed by atoms with Gasteiger partial charge in [-0.15, -0.1) is 11.3 Å². The molecule has 2 heterocycles. The van der Waals surface area contributed by atoms with Gasteiger partial charge in [-0.2, -0.15) is 0 Å². The highest BCUT2D eigenvalue weighted by Crippen LogP contribution is 2.34. The number of carbonyl (C=O) groups is 1. The van der Waals surface area contributed by atoms with E-state index in [1.165, 1.54) is 12.1 Å². The van der Waals surface area contributed by atoms with Crippen LogP contribution in [0.3, 0.4) is 0 Å². The standard InChI is InChI=1S/C19H14FIN2OS/c1-11-22-17(10-25-11)12-2-5-18-13(8-12)6-7-23(18)19(24)15-4-3-14(20)9-16(15)21/h2-5,8-10H,6-7H2,1H3. The van der Waals surface area contributed by atoms with E-state index in [1.807, 2.05) is 41.6 Å². The van der Waals surface area contributed by atoms with Gasteiger partial charge in [0.05, 0.1) is 16.3 Å². The fourth-order valence-electron chi connectivity index (χ4n) is 3.08. The van der Waals surface area contributed by atoms with Gasteiger partial charge >= 0.3 is 0 Å². The van der Waals surface area contributed by atoms with E-state index < -0.39 is 0 Å². The molecular formula is C19H14FIN2OS. The Morgan fingerprint density at radius 2 is 2.12 bits per heavy atom. The highest BCUT2D eigenvalue weighted by molar-refractivity contribution is 14.1. The normalized spacial score (nSPS) is 13.2. The molecule has 0 saturated heterocycles. The highest BCUT2D eigenvalue weighted by atomic mass is 127. The van der Waals surface area contributed by atoms with Gasteiger partial charge in [0.1, 0.15) is 5.82 Å². The van der Waals surface area contributed by atoms with Crippen molar-refractivity contribution in [3.63, 3.8) is 0 Å². The molecule has 0 fully saturated rings. The summed E-state index contributed by atoms with van der Waals surface area (Å²) in [6, 6.07) is 10.4. The molecule has 1 aliphatic heterocycles. The summed E-state index contributed by atoms with van der Waals surface area (Å²) < 4.78 is 13.9. The molecule has 0 atom stereocenters. The van der Waals surface area contributed by atoms with E-state index in [0.29, 0.717) is 15.7 Å². The summed E-state index contributed by atoms with van der Waals surface area (Å²) >= 11 is 3.64. The van der Waals surface area contributed by atoms with Gasteiger partial charge in [0.2, 0.25) is 0 Å². The van der Waals surface area contributed by atoms with Crippen LogP contribution in [-0.4, -0.2) is 17.4 Å². The maximum absolute atomic E-state index is 13.3. The molecule has 6 heteroatoms. The number of halogens is 2. The molecule has 0 N–H and O–H groups in total.